The van der Waals surface area contributed by atoms with Gasteiger partial charge in [-0.1, -0.05) is 6.92 Å². The topological polar surface area (TPSA) is 32.3 Å². The van der Waals surface area contributed by atoms with Crippen LogP contribution in [0.4, 0.5) is 0 Å². The van der Waals surface area contributed by atoms with E-state index in [4.69, 9.17) is 0 Å². The first-order chi connectivity index (χ1) is 8.28. The summed E-state index contributed by atoms with van der Waals surface area (Å²) in [4.78, 5) is 14.6. The molecule has 3 aliphatic rings. The molecular formula is C14H24N2O. The minimum Gasteiger partial charge on any atom is -0.339 e. The number of hydrogen-bond acceptors (Lipinski definition) is 2. The first-order valence-corrected chi connectivity index (χ1v) is 7.34. The van der Waals surface area contributed by atoms with Crippen molar-refractivity contribution < 1.29 is 4.79 Å². The quantitative estimate of drug-likeness (QED) is 0.809. The van der Waals surface area contributed by atoms with E-state index in [1.54, 1.807) is 0 Å². The standard InChI is InChI=1S/C14H24N2O/c1-2-7-16(14(17)10-3-4-10)13-8-11-5-6-12(9-13)15-11/h10-13,15H,2-9H2,1H3. The maximum Gasteiger partial charge on any atom is 0.225 e. The van der Waals surface area contributed by atoms with Crippen molar-refractivity contribution in [3.8, 4) is 0 Å². The van der Waals surface area contributed by atoms with E-state index in [1.165, 1.54) is 25.7 Å². The van der Waals surface area contributed by atoms with Gasteiger partial charge in [0.1, 0.15) is 0 Å². The van der Waals surface area contributed by atoms with E-state index in [9.17, 15) is 4.79 Å². The van der Waals surface area contributed by atoms with Gasteiger partial charge in [-0.15, -0.1) is 0 Å². The third-order valence-corrected chi connectivity index (χ3v) is 4.56. The molecule has 3 rings (SSSR count). The molecule has 2 unspecified atom stereocenters. The van der Waals surface area contributed by atoms with Crippen molar-refractivity contribution in [1.82, 2.24) is 10.2 Å². The Morgan fingerprint density at radius 3 is 2.35 bits per heavy atom. The molecule has 3 heteroatoms. The van der Waals surface area contributed by atoms with Crippen LogP contribution in [0.3, 0.4) is 0 Å². The molecule has 2 bridgehead atoms. The summed E-state index contributed by atoms with van der Waals surface area (Å²) in [6.45, 7) is 3.16. The number of amides is 1. The monoisotopic (exact) mass is 236 g/mol. The highest BCUT2D eigenvalue weighted by atomic mass is 16.2. The number of piperidine rings is 1. The second kappa shape index (κ2) is 4.60. The van der Waals surface area contributed by atoms with Crippen LogP contribution in [0.25, 0.3) is 0 Å². The maximum atomic E-state index is 12.3. The average Bonchev–Trinajstić information content (AvgIpc) is 3.12. The zero-order valence-corrected chi connectivity index (χ0v) is 10.8. The minimum absolute atomic E-state index is 0.383. The molecule has 2 heterocycles. The van der Waals surface area contributed by atoms with Gasteiger partial charge < -0.3 is 10.2 Å². The smallest absolute Gasteiger partial charge is 0.225 e. The van der Waals surface area contributed by atoms with Crippen molar-refractivity contribution >= 4 is 5.91 Å². The van der Waals surface area contributed by atoms with Crippen molar-refractivity contribution in [1.29, 1.82) is 0 Å². The van der Waals surface area contributed by atoms with E-state index in [2.05, 4.69) is 17.1 Å². The summed E-state index contributed by atoms with van der Waals surface area (Å²) in [5, 5.41) is 3.66. The molecule has 1 N–H and O–H groups in total. The van der Waals surface area contributed by atoms with Crippen LogP contribution >= 0.6 is 0 Å². The predicted octanol–water partition coefficient (Wildman–Crippen LogP) is 1.92. The summed E-state index contributed by atoms with van der Waals surface area (Å²) in [6.07, 6.45) is 8.38. The van der Waals surface area contributed by atoms with Crippen LogP contribution in [0.2, 0.25) is 0 Å². The van der Waals surface area contributed by atoms with Crippen LogP contribution in [0.15, 0.2) is 0 Å². The van der Waals surface area contributed by atoms with Crippen LogP contribution in [0, 0.1) is 5.92 Å². The zero-order valence-electron chi connectivity index (χ0n) is 10.8. The van der Waals surface area contributed by atoms with Crippen molar-refractivity contribution in [3.63, 3.8) is 0 Å². The Balaban J connectivity index is 1.67. The van der Waals surface area contributed by atoms with Crippen molar-refractivity contribution in [2.45, 2.75) is 70.0 Å². The molecule has 2 saturated heterocycles. The van der Waals surface area contributed by atoms with Crippen LogP contribution < -0.4 is 5.32 Å². The van der Waals surface area contributed by atoms with E-state index in [1.807, 2.05) is 0 Å². The molecule has 0 aromatic carbocycles. The molecule has 0 radical (unpaired) electrons. The maximum absolute atomic E-state index is 12.3. The summed E-state index contributed by atoms with van der Waals surface area (Å²) in [5.41, 5.74) is 0. The first-order valence-electron chi connectivity index (χ1n) is 7.34. The Bertz CT molecular complexity index is 289. The fourth-order valence-corrected chi connectivity index (χ4v) is 3.56. The van der Waals surface area contributed by atoms with Gasteiger partial charge in [-0.05, 0) is 44.9 Å². The second-order valence-electron chi connectivity index (χ2n) is 6.07. The van der Waals surface area contributed by atoms with Crippen molar-refractivity contribution in [2.24, 2.45) is 5.92 Å². The summed E-state index contributed by atoms with van der Waals surface area (Å²) in [5.74, 6) is 0.840. The molecule has 3 fully saturated rings. The van der Waals surface area contributed by atoms with E-state index < -0.39 is 0 Å². The van der Waals surface area contributed by atoms with E-state index in [0.29, 0.717) is 30.0 Å². The summed E-state index contributed by atoms with van der Waals surface area (Å²) in [6, 6.07) is 1.90. The number of rotatable bonds is 4. The largest absolute Gasteiger partial charge is 0.339 e. The van der Waals surface area contributed by atoms with Crippen molar-refractivity contribution in [3.05, 3.63) is 0 Å². The summed E-state index contributed by atoms with van der Waals surface area (Å²) in [7, 11) is 0. The molecule has 0 spiro atoms. The Kier molecular flexibility index (Phi) is 3.12. The number of carbonyl (C=O) groups is 1. The van der Waals surface area contributed by atoms with Gasteiger partial charge in [0.2, 0.25) is 5.91 Å². The predicted molar refractivity (Wildman–Crippen MR) is 67.7 cm³/mol. The fraction of sp³-hybridized carbons (Fsp3) is 0.929. The van der Waals surface area contributed by atoms with Gasteiger partial charge in [0, 0.05) is 30.6 Å². The number of fused-ring (bicyclic) bond motifs is 2. The SMILES string of the molecule is CCCN(C(=O)C1CC1)C1CC2CCC(C1)N2. The molecule has 2 atom stereocenters. The third-order valence-electron chi connectivity index (χ3n) is 4.56. The van der Waals surface area contributed by atoms with Crippen LogP contribution in [0.5, 0.6) is 0 Å². The van der Waals surface area contributed by atoms with Gasteiger partial charge in [0.25, 0.3) is 0 Å². The lowest BCUT2D eigenvalue weighted by molar-refractivity contribution is -0.135. The molecule has 96 valence electrons. The van der Waals surface area contributed by atoms with Crippen LogP contribution in [0.1, 0.15) is 51.9 Å². The Hall–Kier alpha value is -0.570. The first kappa shape index (κ1) is 11.5. The fourth-order valence-electron chi connectivity index (χ4n) is 3.56. The average molecular weight is 236 g/mol. The van der Waals surface area contributed by atoms with Gasteiger partial charge in [0.15, 0.2) is 0 Å². The second-order valence-corrected chi connectivity index (χ2v) is 6.07. The lowest BCUT2D eigenvalue weighted by Gasteiger charge is -2.38. The highest BCUT2D eigenvalue weighted by molar-refractivity contribution is 5.81. The lowest BCUT2D eigenvalue weighted by Crippen LogP contribution is -2.50. The minimum atomic E-state index is 0.383. The molecular weight excluding hydrogens is 212 g/mol. The van der Waals surface area contributed by atoms with E-state index in [-0.39, 0.29) is 0 Å². The summed E-state index contributed by atoms with van der Waals surface area (Å²) >= 11 is 0. The lowest BCUT2D eigenvalue weighted by atomic mass is 9.97. The Labute approximate surface area is 104 Å². The molecule has 17 heavy (non-hydrogen) atoms. The molecule has 2 aliphatic heterocycles. The highest BCUT2D eigenvalue weighted by Gasteiger charge is 2.40. The van der Waals surface area contributed by atoms with Gasteiger partial charge in [-0.3, -0.25) is 4.79 Å². The third kappa shape index (κ3) is 2.35. The zero-order chi connectivity index (χ0) is 11.8. The van der Waals surface area contributed by atoms with Crippen LogP contribution in [-0.2, 0) is 4.79 Å². The molecule has 0 aromatic rings. The number of nitrogens with one attached hydrogen (secondary N) is 1. The number of nitrogens with zero attached hydrogens (tertiary/aromatic N) is 1. The Morgan fingerprint density at radius 2 is 1.82 bits per heavy atom. The molecule has 1 saturated carbocycles. The van der Waals surface area contributed by atoms with Gasteiger partial charge in [-0.25, -0.2) is 0 Å². The molecule has 0 aromatic heterocycles. The van der Waals surface area contributed by atoms with E-state index >= 15 is 0 Å². The van der Waals surface area contributed by atoms with Crippen molar-refractivity contribution in [2.75, 3.05) is 6.54 Å². The van der Waals surface area contributed by atoms with Gasteiger partial charge in [0.05, 0.1) is 0 Å². The molecule has 3 nitrogen and oxygen atoms in total. The van der Waals surface area contributed by atoms with Crippen LogP contribution in [-0.4, -0.2) is 35.5 Å². The number of hydrogen-bond donors (Lipinski definition) is 1. The Morgan fingerprint density at radius 1 is 1.18 bits per heavy atom. The molecule has 1 amide bonds. The van der Waals surface area contributed by atoms with Gasteiger partial charge in [-0.2, -0.15) is 0 Å². The van der Waals surface area contributed by atoms with Gasteiger partial charge >= 0.3 is 0 Å². The summed E-state index contributed by atoms with van der Waals surface area (Å²) < 4.78 is 0. The number of carbonyl (C=O) groups excluding carboxylic acids is 1. The molecule has 1 aliphatic carbocycles. The van der Waals surface area contributed by atoms with E-state index in [0.717, 1.165) is 25.8 Å². The normalized spacial score (nSPS) is 35.9. The highest BCUT2D eigenvalue weighted by Crippen LogP contribution is 2.35.